The van der Waals surface area contributed by atoms with Gasteiger partial charge in [-0.3, -0.25) is 15.0 Å². The lowest BCUT2D eigenvalue weighted by Crippen LogP contribution is -2.51. The zero-order valence-corrected chi connectivity index (χ0v) is 15.7. The maximum Gasteiger partial charge on any atom is 0.416 e. The van der Waals surface area contributed by atoms with Gasteiger partial charge in [0.05, 0.1) is 11.6 Å². The van der Waals surface area contributed by atoms with E-state index in [0.29, 0.717) is 17.7 Å². The van der Waals surface area contributed by atoms with Crippen LogP contribution in [-0.4, -0.2) is 28.9 Å². The summed E-state index contributed by atoms with van der Waals surface area (Å²) in [6.45, 7) is 1.75. The highest BCUT2D eigenvalue weighted by molar-refractivity contribution is 5.90. The van der Waals surface area contributed by atoms with Gasteiger partial charge < -0.3 is 9.84 Å². The molecule has 0 aliphatic carbocycles. The van der Waals surface area contributed by atoms with E-state index in [-0.39, 0.29) is 18.1 Å². The van der Waals surface area contributed by atoms with Crippen molar-refractivity contribution >= 4 is 11.8 Å². The zero-order valence-electron chi connectivity index (χ0n) is 15.7. The summed E-state index contributed by atoms with van der Waals surface area (Å²) in [6, 6.07) is 16.3. The molecule has 2 aromatic rings. The molecule has 0 bridgehead atoms. The molecule has 0 unspecified atom stereocenters. The van der Waals surface area contributed by atoms with E-state index in [9.17, 15) is 20.0 Å². The Morgan fingerprint density at radius 2 is 1.86 bits per heavy atom. The minimum atomic E-state index is -1.18. The first kappa shape index (κ1) is 19.8. The molecule has 0 saturated heterocycles. The van der Waals surface area contributed by atoms with Crippen molar-refractivity contribution in [1.29, 1.82) is 0 Å². The molecule has 0 spiro atoms. The maximum absolute atomic E-state index is 12.8. The number of aliphatic hydroxyl groups excluding tert-OH is 1. The van der Waals surface area contributed by atoms with E-state index in [0.717, 1.165) is 12.0 Å². The lowest BCUT2D eigenvalue weighted by Gasteiger charge is -2.42. The van der Waals surface area contributed by atoms with Gasteiger partial charge >= 0.3 is 6.09 Å². The van der Waals surface area contributed by atoms with Crippen LogP contribution in [-0.2, 0) is 11.3 Å². The Morgan fingerprint density at radius 1 is 1.18 bits per heavy atom. The van der Waals surface area contributed by atoms with Crippen molar-refractivity contribution in [3.63, 3.8) is 0 Å². The minimum absolute atomic E-state index is 0.0851. The van der Waals surface area contributed by atoms with Crippen LogP contribution in [0, 0.1) is 16.0 Å². The van der Waals surface area contributed by atoms with Crippen LogP contribution in [0.1, 0.15) is 36.8 Å². The number of carbonyl (C=O) groups excluding carboxylic acids is 1. The lowest BCUT2D eigenvalue weighted by atomic mass is 9.77. The summed E-state index contributed by atoms with van der Waals surface area (Å²) in [5.74, 6) is -0.895. The van der Waals surface area contributed by atoms with Gasteiger partial charge in [-0.15, -0.1) is 0 Å². The molecular formula is C21H24N2O5. The van der Waals surface area contributed by atoms with Crippen LogP contribution in [0.25, 0.3) is 0 Å². The van der Waals surface area contributed by atoms with Crippen molar-refractivity contribution in [3.05, 3.63) is 75.8 Å². The Balaban J connectivity index is 1.90. The summed E-state index contributed by atoms with van der Waals surface area (Å²) in [4.78, 5) is 24.9. The molecule has 2 aromatic carbocycles. The van der Waals surface area contributed by atoms with Gasteiger partial charge in [-0.2, -0.15) is 0 Å². The van der Waals surface area contributed by atoms with Gasteiger partial charge in [-0.25, -0.2) is 4.79 Å². The van der Waals surface area contributed by atoms with E-state index < -0.39 is 24.2 Å². The van der Waals surface area contributed by atoms with E-state index in [1.54, 1.807) is 24.3 Å². The Labute approximate surface area is 163 Å². The number of nitrogens with zero attached hydrogens (tertiary/aromatic N) is 2. The van der Waals surface area contributed by atoms with Gasteiger partial charge in [0.25, 0.3) is 0 Å². The molecule has 1 aliphatic rings. The molecule has 1 N–H and O–H groups in total. The first-order valence-corrected chi connectivity index (χ1v) is 9.41. The van der Waals surface area contributed by atoms with Crippen molar-refractivity contribution in [2.24, 2.45) is 5.92 Å². The second-order valence-corrected chi connectivity index (χ2v) is 6.96. The highest BCUT2D eigenvalue weighted by atomic mass is 16.6. The molecule has 1 aliphatic heterocycles. The third-order valence-corrected chi connectivity index (χ3v) is 5.13. The number of fused-ring (bicyclic) bond motifs is 1. The molecule has 148 valence electrons. The van der Waals surface area contributed by atoms with Gasteiger partial charge in [0.1, 0.15) is 12.8 Å². The van der Waals surface area contributed by atoms with Crippen LogP contribution in [0.4, 0.5) is 10.5 Å². The quantitative estimate of drug-likeness (QED) is 0.601. The van der Waals surface area contributed by atoms with Gasteiger partial charge in [0.2, 0.25) is 6.54 Å². The highest BCUT2D eigenvalue weighted by Crippen LogP contribution is 2.43. The number of hydrogen-bond acceptors (Lipinski definition) is 5. The Morgan fingerprint density at radius 3 is 2.54 bits per heavy atom. The van der Waals surface area contributed by atoms with Crippen molar-refractivity contribution in [1.82, 2.24) is 0 Å². The van der Waals surface area contributed by atoms with Crippen LogP contribution in [0.3, 0.4) is 0 Å². The summed E-state index contributed by atoms with van der Waals surface area (Å²) in [7, 11) is 0. The number of amides is 1. The summed E-state index contributed by atoms with van der Waals surface area (Å²) in [5.41, 5.74) is 2.00. The fourth-order valence-electron chi connectivity index (χ4n) is 3.87. The number of rotatable bonds is 6. The van der Waals surface area contributed by atoms with E-state index in [1.165, 1.54) is 4.90 Å². The predicted octanol–water partition coefficient (Wildman–Crippen LogP) is 3.94. The molecule has 1 amide bonds. The van der Waals surface area contributed by atoms with Crippen LogP contribution in [0.5, 0.6) is 0 Å². The van der Waals surface area contributed by atoms with Gasteiger partial charge in [0.15, 0.2) is 0 Å². The number of hydrogen-bond donors (Lipinski definition) is 1. The molecule has 0 aromatic heterocycles. The molecular weight excluding hydrogens is 360 g/mol. The van der Waals surface area contributed by atoms with E-state index in [4.69, 9.17) is 4.74 Å². The van der Waals surface area contributed by atoms with Crippen molar-refractivity contribution < 1.29 is 19.6 Å². The molecule has 0 radical (unpaired) electrons. The molecule has 28 heavy (non-hydrogen) atoms. The molecule has 3 atom stereocenters. The van der Waals surface area contributed by atoms with Gasteiger partial charge in [0, 0.05) is 10.8 Å². The van der Waals surface area contributed by atoms with Crippen molar-refractivity contribution in [2.75, 3.05) is 11.4 Å². The summed E-state index contributed by atoms with van der Waals surface area (Å²) >= 11 is 0. The number of aliphatic hydroxyl groups is 1. The standard InChI is InChI=1S/C21H24N2O5/c1-2-8-17-18(13-22(26)27)16-11-6-7-12-19(16)23(20(17)24)21(25)28-14-15-9-4-3-5-10-15/h3-7,9-12,17-18,20,24H,2,8,13-14H2,1H3/t17-,18-,20+/m1/s1. The maximum atomic E-state index is 12.8. The Kier molecular flexibility index (Phi) is 6.26. The highest BCUT2D eigenvalue weighted by Gasteiger charge is 2.44. The van der Waals surface area contributed by atoms with Crippen LogP contribution >= 0.6 is 0 Å². The van der Waals surface area contributed by atoms with E-state index in [1.807, 2.05) is 37.3 Å². The summed E-state index contributed by atoms with van der Waals surface area (Å²) in [6.07, 6.45) is -0.533. The monoisotopic (exact) mass is 384 g/mol. The largest absolute Gasteiger partial charge is 0.444 e. The van der Waals surface area contributed by atoms with Crippen LogP contribution in [0.15, 0.2) is 54.6 Å². The molecule has 3 rings (SSSR count). The first-order chi connectivity index (χ1) is 13.5. The number of carbonyl (C=O) groups is 1. The summed E-state index contributed by atoms with van der Waals surface area (Å²) in [5, 5.41) is 22.2. The average Bonchev–Trinajstić information content (AvgIpc) is 2.69. The zero-order chi connectivity index (χ0) is 20.1. The SMILES string of the molecule is CCC[C@@H]1[C@H](C[N+](=O)[O-])c2ccccc2N(C(=O)OCc2ccccc2)[C@H]1O. The fraction of sp³-hybridized carbons (Fsp3) is 0.381. The number of ether oxygens (including phenoxy) is 1. The number of nitro groups is 1. The smallest absolute Gasteiger partial charge is 0.416 e. The molecule has 7 nitrogen and oxygen atoms in total. The number of benzene rings is 2. The molecule has 7 heteroatoms. The number of anilines is 1. The third kappa shape index (κ3) is 4.14. The normalized spacial score (nSPS) is 21.1. The van der Waals surface area contributed by atoms with Gasteiger partial charge in [-0.1, -0.05) is 61.9 Å². The number of para-hydroxylation sites is 1. The van der Waals surface area contributed by atoms with E-state index in [2.05, 4.69) is 0 Å². The van der Waals surface area contributed by atoms with Gasteiger partial charge in [-0.05, 0) is 23.6 Å². The van der Waals surface area contributed by atoms with E-state index >= 15 is 0 Å². The predicted molar refractivity (Wildman–Crippen MR) is 105 cm³/mol. The lowest BCUT2D eigenvalue weighted by molar-refractivity contribution is -0.485. The average molecular weight is 384 g/mol. The fourth-order valence-corrected chi connectivity index (χ4v) is 3.87. The second-order valence-electron chi connectivity index (χ2n) is 6.96. The molecule has 0 saturated carbocycles. The summed E-state index contributed by atoms with van der Waals surface area (Å²) < 4.78 is 5.43. The topological polar surface area (TPSA) is 92.9 Å². The molecule has 0 fully saturated rings. The second kappa shape index (κ2) is 8.84. The van der Waals surface area contributed by atoms with Crippen molar-refractivity contribution in [3.8, 4) is 0 Å². The first-order valence-electron chi connectivity index (χ1n) is 9.41. The minimum Gasteiger partial charge on any atom is -0.444 e. The van der Waals surface area contributed by atoms with Crippen LogP contribution < -0.4 is 4.90 Å². The Bertz CT molecular complexity index is 827. The Hall–Kier alpha value is -2.93. The van der Waals surface area contributed by atoms with Crippen molar-refractivity contribution in [2.45, 2.75) is 38.5 Å². The molecule has 1 heterocycles. The van der Waals surface area contributed by atoms with Crippen LogP contribution in [0.2, 0.25) is 0 Å². The third-order valence-electron chi connectivity index (χ3n) is 5.13.